The molecule has 0 bridgehead atoms. The van der Waals surface area contributed by atoms with Crippen molar-refractivity contribution in [3.63, 3.8) is 0 Å². The summed E-state index contributed by atoms with van der Waals surface area (Å²) in [6.45, 7) is 0.706. The number of aromatic hydroxyl groups is 1. The number of hydrogen-bond donors (Lipinski definition) is 4. The second kappa shape index (κ2) is 7.10. The summed E-state index contributed by atoms with van der Waals surface area (Å²) in [4.78, 5) is 16.2. The maximum absolute atomic E-state index is 9.34. The van der Waals surface area contributed by atoms with Crippen molar-refractivity contribution in [1.29, 1.82) is 0 Å². The highest BCUT2D eigenvalue weighted by Crippen LogP contribution is 2.21. The highest BCUT2D eigenvalue weighted by Gasteiger charge is 2.09. The van der Waals surface area contributed by atoms with Crippen molar-refractivity contribution in [3.05, 3.63) is 66.5 Å². The maximum atomic E-state index is 9.34. The lowest BCUT2D eigenvalue weighted by molar-refractivity contribution is 0.475. The first-order chi connectivity index (χ1) is 12.8. The number of fused-ring (bicyclic) bond motifs is 1. The summed E-state index contributed by atoms with van der Waals surface area (Å²) >= 11 is 0. The minimum Gasteiger partial charge on any atom is -0.508 e. The Labute approximate surface area is 150 Å². The van der Waals surface area contributed by atoms with Crippen LogP contribution in [-0.4, -0.2) is 31.6 Å². The van der Waals surface area contributed by atoms with Gasteiger partial charge in [0.25, 0.3) is 0 Å². The number of imidazole rings is 1. The van der Waals surface area contributed by atoms with Gasteiger partial charge in [-0.05, 0) is 36.2 Å². The summed E-state index contributed by atoms with van der Waals surface area (Å²) in [5.41, 5.74) is 3.44. The van der Waals surface area contributed by atoms with Gasteiger partial charge in [-0.1, -0.05) is 30.3 Å². The number of benzene rings is 2. The van der Waals surface area contributed by atoms with Crippen LogP contribution in [0.4, 0.5) is 17.5 Å². The molecule has 4 N–H and O–H groups in total. The fraction of sp³-hybridized carbons (Fsp3) is 0.105. The van der Waals surface area contributed by atoms with Crippen LogP contribution in [0.5, 0.6) is 5.75 Å². The van der Waals surface area contributed by atoms with E-state index in [0.29, 0.717) is 24.0 Å². The lowest BCUT2D eigenvalue weighted by Gasteiger charge is -2.06. The first kappa shape index (κ1) is 15.9. The van der Waals surface area contributed by atoms with Gasteiger partial charge in [-0.15, -0.1) is 0 Å². The molecule has 26 heavy (non-hydrogen) atoms. The average Bonchev–Trinajstić information content (AvgIpc) is 3.07. The lowest BCUT2D eigenvalue weighted by atomic mass is 10.1. The standard InChI is InChI=1S/C19H18N6O/c26-15-8-6-13(7-9-15)10-11-20-17-16-18(22-12-21-17)25-19(24-16)23-14-4-2-1-3-5-14/h1-9,12,26H,10-11H2,(H3,20,21,22,23,24,25). The van der Waals surface area contributed by atoms with Gasteiger partial charge >= 0.3 is 0 Å². The molecule has 2 heterocycles. The number of nitrogens with one attached hydrogen (secondary N) is 3. The van der Waals surface area contributed by atoms with Crippen LogP contribution in [0.2, 0.25) is 0 Å². The van der Waals surface area contributed by atoms with E-state index < -0.39 is 0 Å². The summed E-state index contributed by atoms with van der Waals surface area (Å²) in [6.07, 6.45) is 2.31. The largest absolute Gasteiger partial charge is 0.508 e. The van der Waals surface area contributed by atoms with E-state index in [1.54, 1.807) is 12.1 Å². The van der Waals surface area contributed by atoms with Gasteiger partial charge in [0.15, 0.2) is 11.5 Å². The van der Waals surface area contributed by atoms with Gasteiger partial charge in [-0.2, -0.15) is 4.98 Å². The van der Waals surface area contributed by atoms with Gasteiger partial charge in [0.2, 0.25) is 5.95 Å². The Bertz CT molecular complexity index is 998. The number of H-pyrrole nitrogens is 1. The zero-order chi connectivity index (χ0) is 17.8. The molecule has 7 nitrogen and oxygen atoms in total. The van der Waals surface area contributed by atoms with Gasteiger partial charge in [0.05, 0.1) is 0 Å². The number of nitrogens with zero attached hydrogens (tertiary/aromatic N) is 3. The zero-order valence-electron chi connectivity index (χ0n) is 14.0. The first-order valence-electron chi connectivity index (χ1n) is 8.32. The Balaban J connectivity index is 1.47. The zero-order valence-corrected chi connectivity index (χ0v) is 14.0. The highest BCUT2D eigenvalue weighted by molar-refractivity contribution is 5.84. The Morgan fingerprint density at radius 1 is 0.962 bits per heavy atom. The molecule has 0 saturated carbocycles. The first-order valence-corrected chi connectivity index (χ1v) is 8.32. The second-order valence-corrected chi connectivity index (χ2v) is 5.84. The van der Waals surface area contributed by atoms with Crippen LogP contribution in [0.25, 0.3) is 11.2 Å². The molecule has 0 radical (unpaired) electrons. The molecular weight excluding hydrogens is 328 g/mol. The van der Waals surface area contributed by atoms with Crippen molar-refractivity contribution in [3.8, 4) is 5.75 Å². The van der Waals surface area contributed by atoms with Crippen LogP contribution >= 0.6 is 0 Å². The Kier molecular flexibility index (Phi) is 4.34. The Morgan fingerprint density at radius 3 is 2.58 bits per heavy atom. The SMILES string of the molecule is Oc1ccc(CCNc2ncnc3nc(Nc4ccccc4)[nH]c23)cc1. The third kappa shape index (κ3) is 3.56. The number of rotatable bonds is 6. The van der Waals surface area contributed by atoms with E-state index in [1.807, 2.05) is 42.5 Å². The predicted molar refractivity (Wildman–Crippen MR) is 102 cm³/mol. The molecule has 0 spiro atoms. The van der Waals surface area contributed by atoms with Crippen molar-refractivity contribution >= 4 is 28.6 Å². The molecular formula is C19H18N6O. The molecule has 0 aliphatic rings. The van der Waals surface area contributed by atoms with Crippen molar-refractivity contribution in [2.75, 3.05) is 17.2 Å². The Morgan fingerprint density at radius 2 is 1.77 bits per heavy atom. The van der Waals surface area contributed by atoms with Crippen LogP contribution in [0, 0.1) is 0 Å². The van der Waals surface area contributed by atoms with E-state index in [9.17, 15) is 5.11 Å². The van der Waals surface area contributed by atoms with Crippen LogP contribution < -0.4 is 10.6 Å². The fourth-order valence-corrected chi connectivity index (χ4v) is 2.67. The number of aromatic amines is 1. The molecule has 0 fully saturated rings. The maximum Gasteiger partial charge on any atom is 0.207 e. The molecule has 0 atom stereocenters. The van der Waals surface area contributed by atoms with E-state index in [1.165, 1.54) is 6.33 Å². The molecule has 0 saturated heterocycles. The second-order valence-electron chi connectivity index (χ2n) is 5.84. The smallest absolute Gasteiger partial charge is 0.207 e. The average molecular weight is 346 g/mol. The van der Waals surface area contributed by atoms with Crippen LogP contribution in [0.15, 0.2) is 60.9 Å². The number of phenols is 1. The van der Waals surface area contributed by atoms with Crippen molar-refractivity contribution < 1.29 is 5.11 Å². The number of phenolic OH excluding ortho intramolecular Hbond substituents is 1. The lowest BCUT2D eigenvalue weighted by Crippen LogP contribution is -2.07. The summed E-state index contributed by atoms with van der Waals surface area (Å²) in [5.74, 6) is 1.60. The van der Waals surface area contributed by atoms with Crippen molar-refractivity contribution in [2.24, 2.45) is 0 Å². The van der Waals surface area contributed by atoms with Crippen LogP contribution in [0.1, 0.15) is 5.56 Å². The van der Waals surface area contributed by atoms with Crippen LogP contribution in [-0.2, 0) is 6.42 Å². The molecule has 0 aliphatic heterocycles. The molecule has 4 aromatic rings. The van der Waals surface area contributed by atoms with Gasteiger partial charge in [-0.3, -0.25) is 0 Å². The minimum atomic E-state index is 0.273. The summed E-state index contributed by atoms with van der Waals surface area (Å²) < 4.78 is 0. The molecule has 2 aromatic heterocycles. The monoisotopic (exact) mass is 346 g/mol. The molecule has 4 rings (SSSR count). The van der Waals surface area contributed by atoms with E-state index in [0.717, 1.165) is 23.2 Å². The van der Waals surface area contributed by atoms with E-state index in [2.05, 4.69) is 30.6 Å². The quantitative estimate of drug-likeness (QED) is 0.427. The summed E-state index contributed by atoms with van der Waals surface area (Å²) in [6, 6.07) is 17.0. The minimum absolute atomic E-state index is 0.273. The molecule has 0 amide bonds. The number of aromatic nitrogens is 4. The number of para-hydroxylation sites is 1. The molecule has 2 aromatic carbocycles. The normalized spacial score (nSPS) is 10.8. The third-order valence-corrected chi connectivity index (χ3v) is 3.97. The van der Waals surface area contributed by atoms with E-state index in [4.69, 9.17) is 0 Å². The fourth-order valence-electron chi connectivity index (χ4n) is 2.67. The number of anilines is 3. The Hall–Kier alpha value is -3.61. The number of hydrogen-bond acceptors (Lipinski definition) is 6. The summed E-state index contributed by atoms with van der Waals surface area (Å²) in [5, 5.41) is 15.9. The summed E-state index contributed by atoms with van der Waals surface area (Å²) in [7, 11) is 0. The topological polar surface area (TPSA) is 98.8 Å². The van der Waals surface area contributed by atoms with Gasteiger partial charge in [0, 0.05) is 12.2 Å². The van der Waals surface area contributed by atoms with Crippen molar-refractivity contribution in [1.82, 2.24) is 19.9 Å². The highest BCUT2D eigenvalue weighted by atomic mass is 16.3. The molecule has 7 heteroatoms. The van der Waals surface area contributed by atoms with Crippen LogP contribution in [0.3, 0.4) is 0 Å². The van der Waals surface area contributed by atoms with Gasteiger partial charge in [0.1, 0.15) is 17.6 Å². The molecule has 0 unspecified atom stereocenters. The predicted octanol–water partition coefficient (Wildman–Crippen LogP) is 3.46. The van der Waals surface area contributed by atoms with E-state index in [-0.39, 0.29) is 5.75 Å². The molecule has 0 aliphatic carbocycles. The van der Waals surface area contributed by atoms with Gasteiger partial charge in [-0.25, -0.2) is 9.97 Å². The third-order valence-electron chi connectivity index (χ3n) is 3.97. The molecule has 130 valence electrons. The van der Waals surface area contributed by atoms with Gasteiger partial charge < -0.3 is 20.7 Å². The van der Waals surface area contributed by atoms with E-state index >= 15 is 0 Å². The van der Waals surface area contributed by atoms with Crippen molar-refractivity contribution in [2.45, 2.75) is 6.42 Å².